The highest BCUT2D eigenvalue weighted by Gasteiger charge is 2.55. The first kappa shape index (κ1) is 10.8. The molecule has 1 aliphatic heterocycles. The van der Waals surface area contributed by atoms with E-state index in [2.05, 4.69) is 35.0 Å². The molecule has 0 radical (unpaired) electrons. The predicted octanol–water partition coefficient (Wildman–Crippen LogP) is 1.85. The Bertz CT molecular complexity index is 445. The Kier molecular flexibility index (Phi) is 2.28. The van der Waals surface area contributed by atoms with E-state index in [-0.39, 0.29) is 11.3 Å². The summed E-state index contributed by atoms with van der Waals surface area (Å²) in [7, 11) is 0. The number of carbonyl (C=O) groups is 1. The SMILES string of the molecule is CC(C)n1nccc1C1CNC(=O)C12CCC2. The van der Waals surface area contributed by atoms with E-state index in [1.807, 2.05) is 6.20 Å². The molecular weight excluding hydrogens is 214 g/mol. The third-order valence-electron chi connectivity index (χ3n) is 4.38. The zero-order valence-electron chi connectivity index (χ0n) is 10.4. The molecule has 4 heteroatoms. The molecule has 1 aromatic heterocycles. The number of hydrogen-bond acceptors (Lipinski definition) is 2. The number of nitrogens with zero attached hydrogens (tertiary/aromatic N) is 2. The quantitative estimate of drug-likeness (QED) is 0.847. The summed E-state index contributed by atoms with van der Waals surface area (Å²) in [6, 6.07) is 2.43. The molecule has 17 heavy (non-hydrogen) atoms. The van der Waals surface area contributed by atoms with Crippen LogP contribution in [0.2, 0.25) is 0 Å². The molecule has 92 valence electrons. The molecule has 4 nitrogen and oxygen atoms in total. The minimum atomic E-state index is -0.118. The van der Waals surface area contributed by atoms with Crippen LogP contribution in [0.25, 0.3) is 0 Å². The van der Waals surface area contributed by atoms with Crippen LogP contribution in [-0.4, -0.2) is 22.2 Å². The van der Waals surface area contributed by atoms with Crippen LogP contribution in [0.4, 0.5) is 0 Å². The minimum Gasteiger partial charge on any atom is -0.355 e. The van der Waals surface area contributed by atoms with Crippen LogP contribution in [0.1, 0.15) is 50.8 Å². The summed E-state index contributed by atoms with van der Waals surface area (Å²) in [5, 5.41) is 7.42. The lowest BCUT2D eigenvalue weighted by Crippen LogP contribution is -2.41. The normalized spacial score (nSPS) is 26.3. The van der Waals surface area contributed by atoms with Crippen LogP contribution >= 0.6 is 0 Å². The van der Waals surface area contributed by atoms with Gasteiger partial charge in [-0.05, 0) is 32.8 Å². The molecule has 2 heterocycles. The van der Waals surface area contributed by atoms with Crippen LogP contribution in [0.3, 0.4) is 0 Å². The topological polar surface area (TPSA) is 46.9 Å². The van der Waals surface area contributed by atoms with Crippen molar-refractivity contribution in [3.63, 3.8) is 0 Å². The van der Waals surface area contributed by atoms with E-state index in [0.717, 1.165) is 19.4 Å². The average molecular weight is 233 g/mol. The third kappa shape index (κ3) is 1.36. The maximum Gasteiger partial charge on any atom is 0.226 e. The van der Waals surface area contributed by atoms with Crippen LogP contribution in [-0.2, 0) is 4.79 Å². The Morgan fingerprint density at radius 3 is 2.88 bits per heavy atom. The fraction of sp³-hybridized carbons (Fsp3) is 0.692. The predicted molar refractivity (Wildman–Crippen MR) is 64.6 cm³/mol. The number of amides is 1. The first-order chi connectivity index (χ1) is 8.15. The minimum absolute atomic E-state index is 0.118. The highest BCUT2D eigenvalue weighted by Crippen LogP contribution is 2.54. The van der Waals surface area contributed by atoms with E-state index in [0.29, 0.717) is 12.0 Å². The monoisotopic (exact) mass is 233 g/mol. The number of nitrogens with one attached hydrogen (secondary N) is 1. The van der Waals surface area contributed by atoms with Crippen molar-refractivity contribution in [2.75, 3.05) is 6.54 Å². The molecule has 1 saturated carbocycles. The highest BCUT2D eigenvalue weighted by molar-refractivity contribution is 5.87. The van der Waals surface area contributed by atoms with Crippen molar-refractivity contribution in [2.45, 2.75) is 45.1 Å². The smallest absolute Gasteiger partial charge is 0.226 e. The lowest BCUT2D eigenvalue weighted by molar-refractivity contribution is -0.132. The Morgan fingerprint density at radius 1 is 1.53 bits per heavy atom. The van der Waals surface area contributed by atoms with E-state index in [1.165, 1.54) is 12.1 Å². The van der Waals surface area contributed by atoms with Crippen molar-refractivity contribution in [3.05, 3.63) is 18.0 Å². The number of aromatic nitrogens is 2. The van der Waals surface area contributed by atoms with Gasteiger partial charge in [-0.3, -0.25) is 9.48 Å². The van der Waals surface area contributed by atoms with Gasteiger partial charge in [-0.2, -0.15) is 5.10 Å². The van der Waals surface area contributed by atoms with E-state index >= 15 is 0 Å². The molecule has 1 aromatic rings. The molecule has 0 aromatic carbocycles. The van der Waals surface area contributed by atoms with Gasteiger partial charge in [-0.15, -0.1) is 0 Å². The second kappa shape index (κ2) is 3.59. The van der Waals surface area contributed by atoms with Crippen molar-refractivity contribution in [2.24, 2.45) is 5.41 Å². The largest absolute Gasteiger partial charge is 0.355 e. The van der Waals surface area contributed by atoms with Crippen molar-refractivity contribution >= 4 is 5.91 Å². The van der Waals surface area contributed by atoms with Crippen molar-refractivity contribution in [1.29, 1.82) is 0 Å². The standard InChI is InChI=1S/C13H19N3O/c1-9(2)16-11(4-7-15-16)10-8-14-12(17)13(10)5-3-6-13/h4,7,9-10H,3,5-6,8H2,1-2H3,(H,14,17). The van der Waals surface area contributed by atoms with E-state index in [1.54, 1.807) is 0 Å². The summed E-state index contributed by atoms with van der Waals surface area (Å²) in [6.45, 7) is 5.04. The lowest BCUT2D eigenvalue weighted by Gasteiger charge is -2.40. The highest BCUT2D eigenvalue weighted by atomic mass is 16.2. The maximum absolute atomic E-state index is 12.0. The molecule has 2 aliphatic rings. The average Bonchev–Trinajstić information content (AvgIpc) is 2.78. The summed E-state index contributed by atoms with van der Waals surface area (Å²) in [5.41, 5.74) is 1.10. The van der Waals surface area contributed by atoms with Crippen LogP contribution in [0, 0.1) is 5.41 Å². The number of hydrogen-bond donors (Lipinski definition) is 1. The zero-order valence-corrected chi connectivity index (χ0v) is 10.4. The van der Waals surface area contributed by atoms with Crippen molar-refractivity contribution < 1.29 is 4.79 Å². The molecule has 1 saturated heterocycles. The fourth-order valence-electron chi connectivity index (χ4n) is 3.28. The molecule has 0 bridgehead atoms. The van der Waals surface area contributed by atoms with Crippen LogP contribution in [0.15, 0.2) is 12.3 Å². The van der Waals surface area contributed by atoms with E-state index in [4.69, 9.17) is 0 Å². The molecule has 1 N–H and O–H groups in total. The van der Waals surface area contributed by atoms with Gasteiger partial charge in [0.2, 0.25) is 5.91 Å². The summed E-state index contributed by atoms with van der Waals surface area (Å²) >= 11 is 0. The molecule has 1 spiro atoms. The van der Waals surface area contributed by atoms with Gasteiger partial charge in [0.05, 0.1) is 5.41 Å². The van der Waals surface area contributed by atoms with E-state index < -0.39 is 0 Å². The third-order valence-corrected chi connectivity index (χ3v) is 4.38. The molecule has 3 rings (SSSR count). The Hall–Kier alpha value is -1.32. The second-order valence-corrected chi connectivity index (χ2v) is 5.57. The van der Waals surface area contributed by atoms with Gasteiger partial charge < -0.3 is 5.32 Å². The van der Waals surface area contributed by atoms with Gasteiger partial charge in [0.1, 0.15) is 0 Å². The van der Waals surface area contributed by atoms with Gasteiger partial charge in [-0.1, -0.05) is 6.42 Å². The van der Waals surface area contributed by atoms with E-state index in [9.17, 15) is 4.79 Å². The van der Waals surface area contributed by atoms with Crippen molar-refractivity contribution in [3.8, 4) is 0 Å². The molecule has 1 aliphatic carbocycles. The van der Waals surface area contributed by atoms with Gasteiger partial charge >= 0.3 is 0 Å². The first-order valence-electron chi connectivity index (χ1n) is 6.47. The Morgan fingerprint density at radius 2 is 2.29 bits per heavy atom. The molecule has 1 unspecified atom stereocenters. The number of rotatable bonds is 2. The summed E-state index contributed by atoms with van der Waals surface area (Å²) in [5.74, 6) is 0.568. The van der Waals surface area contributed by atoms with Crippen molar-refractivity contribution in [1.82, 2.24) is 15.1 Å². The van der Waals surface area contributed by atoms with Gasteiger partial charge in [-0.25, -0.2) is 0 Å². The molecule has 2 fully saturated rings. The van der Waals surface area contributed by atoms with Gasteiger partial charge in [0.15, 0.2) is 0 Å². The summed E-state index contributed by atoms with van der Waals surface area (Å²) < 4.78 is 2.06. The van der Waals surface area contributed by atoms with Crippen LogP contribution < -0.4 is 5.32 Å². The zero-order chi connectivity index (χ0) is 12.0. The lowest BCUT2D eigenvalue weighted by atomic mass is 9.61. The Balaban J connectivity index is 1.99. The first-order valence-corrected chi connectivity index (χ1v) is 6.47. The Labute approximate surface area is 101 Å². The van der Waals surface area contributed by atoms with Crippen LogP contribution in [0.5, 0.6) is 0 Å². The summed E-state index contributed by atoms with van der Waals surface area (Å²) in [6.07, 6.45) is 5.10. The second-order valence-electron chi connectivity index (χ2n) is 5.57. The maximum atomic E-state index is 12.0. The summed E-state index contributed by atoms with van der Waals surface area (Å²) in [4.78, 5) is 12.0. The molecular formula is C13H19N3O. The number of carbonyl (C=O) groups excluding carboxylic acids is 1. The molecule has 1 amide bonds. The fourth-order valence-corrected chi connectivity index (χ4v) is 3.28. The molecule has 1 atom stereocenters. The van der Waals surface area contributed by atoms with Gasteiger partial charge in [0, 0.05) is 30.4 Å². The van der Waals surface area contributed by atoms with Gasteiger partial charge in [0.25, 0.3) is 0 Å².